The minimum Gasteiger partial charge on any atom is -0.494 e. The van der Waals surface area contributed by atoms with Gasteiger partial charge in [0, 0.05) is 37.6 Å². The fourth-order valence-corrected chi connectivity index (χ4v) is 3.71. The molecule has 2 aromatic rings. The minimum absolute atomic E-state index is 0.0613. The molecule has 31 heavy (non-hydrogen) atoms. The largest absolute Gasteiger partial charge is 0.494 e. The zero-order valence-corrected chi connectivity index (χ0v) is 18.2. The van der Waals surface area contributed by atoms with Crippen molar-refractivity contribution in [2.45, 2.75) is 26.3 Å². The second kappa shape index (κ2) is 9.14. The Morgan fingerprint density at radius 3 is 2.65 bits per heavy atom. The van der Waals surface area contributed by atoms with E-state index in [4.69, 9.17) is 9.47 Å². The monoisotopic (exact) mass is 427 g/mol. The van der Waals surface area contributed by atoms with Crippen molar-refractivity contribution in [3.05, 3.63) is 53.3 Å². The van der Waals surface area contributed by atoms with E-state index in [1.165, 1.54) is 13.2 Å². The molecular weight excluding hydrogens is 397 g/mol. The van der Waals surface area contributed by atoms with Crippen molar-refractivity contribution in [3.8, 4) is 5.75 Å². The van der Waals surface area contributed by atoms with Crippen LogP contribution < -0.4 is 20.3 Å². The van der Waals surface area contributed by atoms with Crippen LogP contribution in [0.3, 0.4) is 0 Å². The fraction of sp³-hybridized carbons (Fsp3) is 0.458. The molecule has 166 valence electrons. The van der Waals surface area contributed by atoms with Crippen molar-refractivity contribution in [1.82, 2.24) is 5.32 Å². The highest BCUT2D eigenvalue weighted by atomic mass is 19.1. The third-order valence-electron chi connectivity index (χ3n) is 6.09. The summed E-state index contributed by atoms with van der Waals surface area (Å²) >= 11 is 0. The smallest absolute Gasteiger partial charge is 0.253 e. The van der Waals surface area contributed by atoms with Gasteiger partial charge in [-0.1, -0.05) is 13.0 Å². The van der Waals surface area contributed by atoms with E-state index in [9.17, 15) is 9.18 Å². The molecule has 0 spiro atoms. The maximum atomic E-state index is 14.0. The SMILES string of the molecule is COc1ccc(CNc2ccc(N3CCOCC3)c(C(=O)NCC3(C)CC3)c2)cc1F. The minimum atomic E-state index is -0.391. The van der Waals surface area contributed by atoms with E-state index in [-0.39, 0.29) is 17.1 Å². The lowest BCUT2D eigenvalue weighted by molar-refractivity contribution is 0.0944. The maximum Gasteiger partial charge on any atom is 0.253 e. The molecule has 2 fully saturated rings. The van der Waals surface area contributed by atoms with Gasteiger partial charge in [0.2, 0.25) is 0 Å². The van der Waals surface area contributed by atoms with E-state index >= 15 is 0 Å². The molecule has 2 aromatic carbocycles. The number of anilines is 2. The first-order valence-corrected chi connectivity index (χ1v) is 10.8. The molecule has 0 aromatic heterocycles. The number of methoxy groups -OCH3 is 1. The fourth-order valence-electron chi connectivity index (χ4n) is 3.71. The molecule has 1 heterocycles. The Hall–Kier alpha value is -2.80. The number of halogens is 1. The average molecular weight is 428 g/mol. The summed E-state index contributed by atoms with van der Waals surface area (Å²) in [4.78, 5) is 15.3. The number of ether oxygens (including phenoxy) is 2. The van der Waals surface area contributed by atoms with E-state index in [0.29, 0.717) is 31.9 Å². The highest BCUT2D eigenvalue weighted by molar-refractivity contribution is 6.01. The molecule has 1 aliphatic carbocycles. The molecule has 0 bridgehead atoms. The van der Waals surface area contributed by atoms with Gasteiger partial charge in [0.05, 0.1) is 25.9 Å². The molecular formula is C24H30FN3O3. The van der Waals surface area contributed by atoms with Gasteiger partial charge in [-0.25, -0.2) is 4.39 Å². The lowest BCUT2D eigenvalue weighted by Crippen LogP contribution is -2.38. The molecule has 2 aliphatic rings. The lowest BCUT2D eigenvalue weighted by atomic mass is 10.1. The van der Waals surface area contributed by atoms with Crippen molar-refractivity contribution in [1.29, 1.82) is 0 Å². The number of rotatable bonds is 8. The van der Waals surface area contributed by atoms with Crippen LogP contribution in [0.5, 0.6) is 5.75 Å². The molecule has 1 aliphatic heterocycles. The van der Waals surface area contributed by atoms with Gasteiger partial charge in [-0.05, 0) is 54.2 Å². The second-order valence-electron chi connectivity index (χ2n) is 8.65. The summed E-state index contributed by atoms with van der Waals surface area (Å²) in [5, 5.41) is 6.42. The first kappa shape index (κ1) is 21.4. The van der Waals surface area contributed by atoms with Crippen LogP contribution in [0.4, 0.5) is 15.8 Å². The molecule has 0 atom stereocenters. The van der Waals surface area contributed by atoms with Gasteiger partial charge in [-0.3, -0.25) is 4.79 Å². The number of hydrogen-bond donors (Lipinski definition) is 2. The van der Waals surface area contributed by atoms with Crippen LogP contribution in [0.2, 0.25) is 0 Å². The van der Waals surface area contributed by atoms with Gasteiger partial charge in [-0.15, -0.1) is 0 Å². The summed E-state index contributed by atoms with van der Waals surface area (Å²) < 4.78 is 24.4. The van der Waals surface area contributed by atoms with E-state index < -0.39 is 5.82 Å². The van der Waals surface area contributed by atoms with Gasteiger partial charge in [0.1, 0.15) is 0 Å². The molecule has 1 saturated heterocycles. The van der Waals surface area contributed by atoms with E-state index in [1.807, 2.05) is 24.3 Å². The Morgan fingerprint density at radius 2 is 1.97 bits per heavy atom. The zero-order valence-electron chi connectivity index (χ0n) is 18.2. The second-order valence-corrected chi connectivity index (χ2v) is 8.65. The molecule has 7 heteroatoms. The van der Waals surface area contributed by atoms with Crippen LogP contribution in [0.25, 0.3) is 0 Å². The van der Waals surface area contributed by atoms with Crippen molar-refractivity contribution >= 4 is 17.3 Å². The number of benzene rings is 2. The van der Waals surface area contributed by atoms with Crippen LogP contribution in [0, 0.1) is 11.2 Å². The maximum absolute atomic E-state index is 14.0. The lowest BCUT2D eigenvalue weighted by Gasteiger charge is -2.30. The standard InChI is InChI=1S/C24H30FN3O3/c1-24(7-8-24)16-27-23(29)19-14-18(4-5-21(19)28-9-11-31-12-10-28)26-15-17-3-6-22(30-2)20(25)13-17/h3-6,13-14,26H,7-12,15-16H2,1-2H3,(H,27,29). The van der Waals surface area contributed by atoms with Crippen molar-refractivity contribution < 1.29 is 18.7 Å². The van der Waals surface area contributed by atoms with Crippen molar-refractivity contribution in [2.24, 2.45) is 5.41 Å². The first-order chi connectivity index (χ1) is 15.0. The number of amides is 1. The number of nitrogens with zero attached hydrogens (tertiary/aromatic N) is 1. The van der Waals surface area contributed by atoms with Crippen molar-refractivity contribution in [3.63, 3.8) is 0 Å². The third-order valence-corrected chi connectivity index (χ3v) is 6.09. The molecule has 6 nitrogen and oxygen atoms in total. The topological polar surface area (TPSA) is 62.8 Å². The molecule has 4 rings (SSSR count). The number of carbonyl (C=O) groups excluding carboxylic acids is 1. The Bertz CT molecular complexity index is 940. The predicted octanol–water partition coefficient (Wildman–Crippen LogP) is 3.81. The average Bonchev–Trinajstić information content (AvgIpc) is 3.54. The summed E-state index contributed by atoms with van der Waals surface area (Å²) in [6, 6.07) is 10.7. The van der Waals surface area contributed by atoms with Crippen LogP contribution in [-0.2, 0) is 11.3 Å². The molecule has 0 unspecified atom stereocenters. The number of hydrogen-bond acceptors (Lipinski definition) is 5. The molecule has 2 N–H and O–H groups in total. The Balaban J connectivity index is 1.51. The zero-order chi connectivity index (χ0) is 21.8. The number of carbonyl (C=O) groups is 1. The van der Waals surface area contributed by atoms with Gasteiger partial charge in [-0.2, -0.15) is 0 Å². The third kappa shape index (κ3) is 5.28. The molecule has 0 radical (unpaired) electrons. The quantitative estimate of drug-likeness (QED) is 0.671. The summed E-state index contributed by atoms with van der Waals surface area (Å²) in [7, 11) is 1.45. The number of morpholine rings is 1. The highest BCUT2D eigenvalue weighted by Crippen LogP contribution is 2.44. The van der Waals surface area contributed by atoms with E-state index in [1.54, 1.807) is 6.07 Å². The van der Waals surface area contributed by atoms with Gasteiger partial charge >= 0.3 is 0 Å². The van der Waals surface area contributed by atoms with Crippen molar-refractivity contribution in [2.75, 3.05) is 50.2 Å². The Morgan fingerprint density at radius 1 is 1.19 bits per heavy atom. The predicted molar refractivity (Wildman–Crippen MR) is 119 cm³/mol. The molecule has 1 amide bonds. The normalized spacial score (nSPS) is 17.2. The first-order valence-electron chi connectivity index (χ1n) is 10.8. The highest BCUT2D eigenvalue weighted by Gasteiger charge is 2.37. The van der Waals surface area contributed by atoms with Crippen LogP contribution >= 0.6 is 0 Å². The van der Waals surface area contributed by atoms with E-state index in [2.05, 4.69) is 22.5 Å². The number of nitrogens with one attached hydrogen (secondary N) is 2. The Kier molecular flexibility index (Phi) is 6.32. The van der Waals surface area contributed by atoms with E-state index in [0.717, 1.165) is 42.9 Å². The van der Waals surface area contributed by atoms with Crippen LogP contribution in [0.1, 0.15) is 35.7 Å². The summed E-state index contributed by atoms with van der Waals surface area (Å²) in [5.41, 5.74) is 3.42. The van der Waals surface area contributed by atoms with Gasteiger partial charge in [0.15, 0.2) is 11.6 Å². The summed E-state index contributed by atoms with van der Waals surface area (Å²) in [6.45, 7) is 6.16. The van der Waals surface area contributed by atoms with Crippen LogP contribution in [0.15, 0.2) is 36.4 Å². The Labute approximate surface area is 182 Å². The van der Waals surface area contributed by atoms with Crippen LogP contribution in [-0.4, -0.2) is 45.9 Å². The van der Waals surface area contributed by atoms with Gasteiger partial charge < -0.3 is 25.0 Å². The summed E-state index contributed by atoms with van der Waals surface area (Å²) in [6.07, 6.45) is 2.31. The van der Waals surface area contributed by atoms with Gasteiger partial charge in [0.25, 0.3) is 5.91 Å². The molecule has 1 saturated carbocycles. The summed E-state index contributed by atoms with van der Waals surface area (Å²) in [5.74, 6) is -0.228.